The molecule has 0 saturated heterocycles. The molecule has 1 atom stereocenters. The predicted octanol–water partition coefficient (Wildman–Crippen LogP) is 2.51. The van der Waals surface area contributed by atoms with E-state index in [1.165, 1.54) is 12.1 Å². The van der Waals surface area contributed by atoms with Gasteiger partial charge in [-0.15, -0.1) is 0 Å². The van der Waals surface area contributed by atoms with E-state index in [1.807, 2.05) is 13.0 Å². The molecule has 0 radical (unpaired) electrons. The summed E-state index contributed by atoms with van der Waals surface area (Å²) in [6, 6.07) is 5.87. The number of halogens is 1. The molecule has 5 nitrogen and oxygen atoms in total. The highest BCUT2D eigenvalue weighted by atomic mass is 32.2. The lowest BCUT2D eigenvalue weighted by Gasteiger charge is -2.15. The Morgan fingerprint density at radius 3 is 2.52 bits per heavy atom. The van der Waals surface area contributed by atoms with Crippen LogP contribution in [0.4, 0.5) is 4.39 Å². The second kappa shape index (κ2) is 5.66. The van der Waals surface area contributed by atoms with Crippen molar-refractivity contribution >= 4 is 15.4 Å². The number of aromatic amines is 1. The first-order chi connectivity index (χ1) is 10.9. The van der Waals surface area contributed by atoms with Crippen LogP contribution in [0, 0.1) is 5.82 Å². The first-order valence-electron chi connectivity index (χ1n) is 7.05. The van der Waals surface area contributed by atoms with Gasteiger partial charge in [0.2, 0.25) is 0 Å². The van der Waals surface area contributed by atoms with Crippen LogP contribution in [-0.2, 0) is 9.84 Å². The highest BCUT2D eigenvalue weighted by Gasteiger charge is 2.24. The number of aromatic nitrogens is 2. The number of dihydropyridines is 1. The Bertz CT molecular complexity index is 896. The molecule has 0 aliphatic carbocycles. The number of allylic oxidation sites excluding steroid dienone is 2. The van der Waals surface area contributed by atoms with E-state index >= 15 is 0 Å². The number of sulfone groups is 1. The Hall–Kier alpha value is -2.41. The normalized spacial score (nSPS) is 17.7. The van der Waals surface area contributed by atoms with Crippen LogP contribution in [0.25, 0.3) is 16.8 Å². The average molecular weight is 333 g/mol. The molecule has 1 aliphatic rings. The van der Waals surface area contributed by atoms with E-state index in [0.29, 0.717) is 16.8 Å². The quantitative estimate of drug-likeness (QED) is 0.905. The minimum atomic E-state index is -3.48. The molecule has 0 fully saturated rings. The fourth-order valence-corrected chi connectivity index (χ4v) is 3.30. The van der Waals surface area contributed by atoms with Gasteiger partial charge < -0.3 is 5.32 Å². The highest BCUT2D eigenvalue weighted by Crippen LogP contribution is 2.33. The average Bonchev–Trinajstić information content (AvgIpc) is 2.93. The molecule has 120 valence electrons. The zero-order chi connectivity index (χ0) is 16.6. The smallest absolute Gasteiger partial charge is 0.192 e. The molecule has 1 aromatic heterocycles. The summed E-state index contributed by atoms with van der Waals surface area (Å²) < 4.78 is 37.3. The van der Waals surface area contributed by atoms with Gasteiger partial charge in [0.05, 0.1) is 0 Å². The predicted molar refractivity (Wildman–Crippen MR) is 86.8 cm³/mol. The molecule has 2 heterocycles. The molecular formula is C16H16FN3O2S. The van der Waals surface area contributed by atoms with Crippen LogP contribution in [0.2, 0.25) is 0 Å². The number of nitrogens with zero attached hydrogens (tertiary/aromatic N) is 1. The van der Waals surface area contributed by atoms with Crippen molar-refractivity contribution in [1.29, 1.82) is 0 Å². The molecule has 0 spiro atoms. The first-order valence-corrected chi connectivity index (χ1v) is 8.94. The summed E-state index contributed by atoms with van der Waals surface area (Å²) in [7, 11) is -3.48. The molecular weight excluding hydrogens is 317 g/mol. The summed E-state index contributed by atoms with van der Waals surface area (Å²) >= 11 is 0. The van der Waals surface area contributed by atoms with Crippen LogP contribution >= 0.6 is 0 Å². The Morgan fingerprint density at radius 1 is 1.22 bits per heavy atom. The molecule has 1 unspecified atom stereocenters. The van der Waals surface area contributed by atoms with Crippen LogP contribution in [0.3, 0.4) is 0 Å². The molecule has 1 aromatic carbocycles. The summed E-state index contributed by atoms with van der Waals surface area (Å²) in [5.74, 6) is -0.358. The van der Waals surface area contributed by atoms with Gasteiger partial charge in [0.25, 0.3) is 0 Å². The molecule has 0 saturated carbocycles. The maximum absolute atomic E-state index is 13.1. The van der Waals surface area contributed by atoms with Gasteiger partial charge in [0.15, 0.2) is 14.9 Å². The largest absolute Gasteiger partial charge is 0.385 e. The van der Waals surface area contributed by atoms with Gasteiger partial charge in [-0.05, 0) is 49.0 Å². The summed E-state index contributed by atoms with van der Waals surface area (Å²) in [4.78, 5) is 0. The molecule has 7 heteroatoms. The Labute approximate surface area is 133 Å². The lowest BCUT2D eigenvalue weighted by atomic mass is 9.98. The van der Waals surface area contributed by atoms with Gasteiger partial charge in [-0.2, -0.15) is 5.10 Å². The number of hydrogen-bond acceptors (Lipinski definition) is 4. The van der Waals surface area contributed by atoms with Gasteiger partial charge in [0.1, 0.15) is 11.5 Å². The van der Waals surface area contributed by atoms with Gasteiger partial charge in [0, 0.05) is 23.4 Å². The monoisotopic (exact) mass is 333 g/mol. The standard InChI is InChI=1S/C16H16FN3O2S/c1-10-9-12(7-8-18-10)14-15(11-3-5-13(17)6-4-11)19-20-16(14)23(2,21)22/h3-10,18H,1-2H3,(H,19,20). The Balaban J connectivity index is 2.24. The van der Waals surface area contributed by atoms with Gasteiger partial charge in [-0.25, -0.2) is 12.8 Å². The van der Waals surface area contributed by atoms with Crippen LogP contribution in [0.1, 0.15) is 12.5 Å². The topological polar surface area (TPSA) is 74.8 Å². The zero-order valence-electron chi connectivity index (χ0n) is 12.7. The summed E-state index contributed by atoms with van der Waals surface area (Å²) in [5.41, 5.74) is 2.39. The molecule has 0 amide bonds. The number of nitrogens with one attached hydrogen (secondary N) is 2. The van der Waals surface area contributed by atoms with Crippen LogP contribution < -0.4 is 5.32 Å². The van der Waals surface area contributed by atoms with E-state index in [9.17, 15) is 12.8 Å². The number of rotatable bonds is 3. The van der Waals surface area contributed by atoms with Crippen molar-refractivity contribution in [3.63, 3.8) is 0 Å². The maximum Gasteiger partial charge on any atom is 0.192 e. The molecule has 2 aromatic rings. The van der Waals surface area contributed by atoms with Gasteiger partial charge in [-0.1, -0.05) is 6.08 Å². The van der Waals surface area contributed by atoms with Gasteiger partial charge in [-0.3, -0.25) is 5.10 Å². The van der Waals surface area contributed by atoms with E-state index in [2.05, 4.69) is 15.5 Å². The van der Waals surface area contributed by atoms with E-state index in [-0.39, 0.29) is 16.9 Å². The van der Waals surface area contributed by atoms with Crippen molar-refractivity contribution in [2.75, 3.05) is 6.26 Å². The highest BCUT2D eigenvalue weighted by molar-refractivity contribution is 7.90. The van der Waals surface area contributed by atoms with Crippen LogP contribution in [0.15, 0.2) is 47.6 Å². The molecule has 0 bridgehead atoms. The van der Waals surface area contributed by atoms with Crippen molar-refractivity contribution in [2.24, 2.45) is 0 Å². The van der Waals surface area contributed by atoms with E-state index in [0.717, 1.165) is 11.8 Å². The Kier molecular flexibility index (Phi) is 3.81. The molecule has 3 rings (SSSR count). The zero-order valence-corrected chi connectivity index (χ0v) is 13.5. The van der Waals surface area contributed by atoms with E-state index in [1.54, 1.807) is 24.4 Å². The van der Waals surface area contributed by atoms with Gasteiger partial charge >= 0.3 is 0 Å². The third-order valence-electron chi connectivity index (χ3n) is 3.56. The van der Waals surface area contributed by atoms with Crippen LogP contribution in [0.5, 0.6) is 0 Å². The van der Waals surface area contributed by atoms with Crippen LogP contribution in [-0.4, -0.2) is 30.9 Å². The van der Waals surface area contributed by atoms with Crippen molar-refractivity contribution in [1.82, 2.24) is 15.5 Å². The van der Waals surface area contributed by atoms with Crippen molar-refractivity contribution in [2.45, 2.75) is 18.0 Å². The maximum atomic E-state index is 13.1. The van der Waals surface area contributed by atoms with E-state index < -0.39 is 9.84 Å². The number of hydrogen-bond donors (Lipinski definition) is 2. The Morgan fingerprint density at radius 2 is 1.91 bits per heavy atom. The van der Waals surface area contributed by atoms with E-state index in [4.69, 9.17) is 0 Å². The minimum absolute atomic E-state index is 0.0572. The molecule has 2 N–H and O–H groups in total. The second-order valence-corrected chi connectivity index (χ2v) is 7.42. The fourth-order valence-electron chi connectivity index (χ4n) is 2.51. The number of H-pyrrole nitrogens is 1. The minimum Gasteiger partial charge on any atom is -0.385 e. The second-order valence-electron chi connectivity index (χ2n) is 5.47. The van der Waals surface area contributed by atoms with Crippen molar-refractivity contribution < 1.29 is 12.8 Å². The summed E-state index contributed by atoms with van der Waals surface area (Å²) in [6.45, 7) is 1.96. The third kappa shape index (κ3) is 3.05. The summed E-state index contributed by atoms with van der Waals surface area (Å²) in [6.07, 6.45) is 6.62. The number of benzene rings is 1. The molecule has 1 aliphatic heterocycles. The summed E-state index contributed by atoms with van der Waals surface area (Å²) in [5, 5.41) is 9.94. The first kappa shape index (κ1) is 15.5. The third-order valence-corrected chi connectivity index (χ3v) is 4.60. The lowest BCUT2D eigenvalue weighted by molar-refractivity contribution is 0.597. The molecule has 23 heavy (non-hydrogen) atoms. The SMILES string of the molecule is CC1C=C(c2c(-c3ccc(F)cc3)n[nH]c2S(C)(=O)=O)C=CN1. The lowest BCUT2D eigenvalue weighted by Crippen LogP contribution is -2.20. The van der Waals surface area contributed by atoms with Crippen molar-refractivity contribution in [3.8, 4) is 11.3 Å². The fraction of sp³-hybridized carbons (Fsp3) is 0.188. The van der Waals surface area contributed by atoms with Crippen molar-refractivity contribution in [3.05, 3.63) is 54.0 Å².